The van der Waals surface area contributed by atoms with Crippen molar-refractivity contribution in [2.75, 3.05) is 13.2 Å². The van der Waals surface area contributed by atoms with Crippen LogP contribution in [0.15, 0.2) is 12.2 Å². The molecule has 4 nitrogen and oxygen atoms in total. The summed E-state index contributed by atoms with van der Waals surface area (Å²) in [5.74, 6) is 0. The Labute approximate surface area is 64.2 Å². The molecule has 1 N–H and O–H groups in total. The van der Waals surface area contributed by atoms with E-state index in [-0.39, 0.29) is 18.2 Å². The lowest BCUT2D eigenvalue weighted by Gasteiger charge is -2.13. The molecule has 2 aliphatic rings. The average molecular weight is 155 g/mol. The molecule has 1 amide bonds. The number of cyclic esters (lactones) is 1. The van der Waals surface area contributed by atoms with Crippen molar-refractivity contribution < 1.29 is 14.3 Å². The maximum Gasteiger partial charge on any atom is 0.407 e. The van der Waals surface area contributed by atoms with Crippen molar-refractivity contribution in [1.29, 1.82) is 0 Å². The maximum atomic E-state index is 10.6. The van der Waals surface area contributed by atoms with Gasteiger partial charge in [0.1, 0.15) is 6.61 Å². The zero-order chi connectivity index (χ0) is 7.68. The topological polar surface area (TPSA) is 47.6 Å². The number of hydrogen-bond donors (Lipinski definition) is 1. The summed E-state index contributed by atoms with van der Waals surface area (Å²) in [6, 6.07) is 0.00116. The van der Waals surface area contributed by atoms with Gasteiger partial charge in [-0.05, 0) is 0 Å². The van der Waals surface area contributed by atoms with Crippen LogP contribution < -0.4 is 5.32 Å². The first-order valence-electron chi connectivity index (χ1n) is 3.58. The summed E-state index contributed by atoms with van der Waals surface area (Å²) in [4.78, 5) is 10.6. The lowest BCUT2D eigenvalue weighted by atomic mass is 10.2. The van der Waals surface area contributed by atoms with Crippen LogP contribution in [0.3, 0.4) is 0 Å². The molecule has 0 aromatic rings. The number of hydrogen-bond acceptors (Lipinski definition) is 3. The second-order valence-corrected chi connectivity index (χ2v) is 2.58. The van der Waals surface area contributed by atoms with E-state index in [4.69, 9.17) is 9.47 Å². The average Bonchev–Trinajstić information content (AvgIpc) is 2.55. The second kappa shape index (κ2) is 2.54. The zero-order valence-electron chi connectivity index (χ0n) is 5.95. The molecule has 0 saturated carbocycles. The van der Waals surface area contributed by atoms with Crippen LogP contribution in [0.25, 0.3) is 0 Å². The van der Waals surface area contributed by atoms with E-state index >= 15 is 0 Å². The van der Waals surface area contributed by atoms with Gasteiger partial charge in [-0.15, -0.1) is 0 Å². The van der Waals surface area contributed by atoms with Crippen LogP contribution in [0, 0.1) is 0 Å². The van der Waals surface area contributed by atoms with E-state index in [9.17, 15) is 4.79 Å². The highest BCUT2D eigenvalue weighted by Crippen LogP contribution is 2.11. The van der Waals surface area contributed by atoms with Gasteiger partial charge in [0.05, 0.1) is 18.8 Å². The van der Waals surface area contributed by atoms with E-state index in [1.165, 1.54) is 0 Å². The minimum atomic E-state index is -0.348. The Kier molecular flexibility index (Phi) is 1.54. The molecule has 0 unspecified atom stereocenters. The Morgan fingerprint density at radius 3 is 3.09 bits per heavy atom. The Morgan fingerprint density at radius 1 is 1.64 bits per heavy atom. The van der Waals surface area contributed by atoms with Crippen molar-refractivity contribution in [2.24, 2.45) is 0 Å². The molecule has 2 atom stereocenters. The zero-order valence-corrected chi connectivity index (χ0v) is 5.95. The Bertz CT molecular complexity index is 202. The normalized spacial score (nSPS) is 35.5. The van der Waals surface area contributed by atoms with Crippen LogP contribution >= 0.6 is 0 Å². The number of ether oxygens (including phenoxy) is 2. The predicted octanol–water partition coefficient (Wildman–Crippen LogP) is 0.0498. The molecule has 0 aromatic heterocycles. The number of alkyl carbamates (subject to hydrolysis) is 1. The third-order valence-electron chi connectivity index (χ3n) is 1.80. The van der Waals surface area contributed by atoms with Gasteiger partial charge in [-0.2, -0.15) is 0 Å². The third kappa shape index (κ3) is 1.21. The van der Waals surface area contributed by atoms with E-state index in [1.54, 1.807) is 0 Å². The Hall–Kier alpha value is -1.03. The molecule has 0 aliphatic carbocycles. The molecule has 0 bridgehead atoms. The summed E-state index contributed by atoms with van der Waals surface area (Å²) in [6.07, 6.45) is 3.54. The summed E-state index contributed by atoms with van der Waals surface area (Å²) in [6.45, 7) is 1.05. The van der Waals surface area contributed by atoms with Gasteiger partial charge >= 0.3 is 6.09 Å². The van der Waals surface area contributed by atoms with E-state index in [2.05, 4.69) is 5.32 Å². The molecule has 11 heavy (non-hydrogen) atoms. The molecule has 2 heterocycles. The summed E-state index contributed by atoms with van der Waals surface area (Å²) in [5.41, 5.74) is 0. The molecular weight excluding hydrogens is 146 g/mol. The van der Waals surface area contributed by atoms with E-state index in [1.807, 2.05) is 12.2 Å². The highest BCUT2D eigenvalue weighted by atomic mass is 16.6. The lowest BCUT2D eigenvalue weighted by molar-refractivity contribution is 0.0958. The Morgan fingerprint density at radius 2 is 2.55 bits per heavy atom. The van der Waals surface area contributed by atoms with Crippen LogP contribution in [0.5, 0.6) is 0 Å². The first kappa shape index (κ1) is 6.67. The molecule has 60 valence electrons. The minimum absolute atomic E-state index is 0.00116. The van der Waals surface area contributed by atoms with Crippen LogP contribution in [0.4, 0.5) is 4.79 Å². The molecule has 4 heteroatoms. The fraction of sp³-hybridized carbons (Fsp3) is 0.571. The standard InChI is InChI=1S/C7H9NO3/c9-7-8-5(4-11-7)6-2-1-3-10-6/h1-2,5-6H,3-4H2,(H,8,9)/t5-,6+/m1/s1. The number of carbonyl (C=O) groups excluding carboxylic acids is 1. The fourth-order valence-corrected chi connectivity index (χ4v) is 1.24. The van der Waals surface area contributed by atoms with Gasteiger partial charge < -0.3 is 14.8 Å². The quantitative estimate of drug-likeness (QED) is 0.544. The summed E-state index contributed by atoms with van der Waals surface area (Å²) < 4.78 is 9.99. The van der Waals surface area contributed by atoms with Gasteiger partial charge in [-0.3, -0.25) is 0 Å². The van der Waals surface area contributed by atoms with Gasteiger partial charge in [0, 0.05) is 0 Å². The smallest absolute Gasteiger partial charge is 0.407 e. The number of carbonyl (C=O) groups is 1. The summed E-state index contributed by atoms with van der Waals surface area (Å²) >= 11 is 0. The van der Waals surface area contributed by atoms with Gasteiger partial charge in [0.2, 0.25) is 0 Å². The predicted molar refractivity (Wildman–Crippen MR) is 37.2 cm³/mol. The molecule has 0 radical (unpaired) electrons. The molecule has 0 aromatic carbocycles. The fourth-order valence-electron chi connectivity index (χ4n) is 1.24. The first-order valence-corrected chi connectivity index (χ1v) is 3.58. The third-order valence-corrected chi connectivity index (χ3v) is 1.80. The SMILES string of the molecule is O=C1N[C@@H]([C@@H]2C=CCO2)CO1. The van der Waals surface area contributed by atoms with Crippen molar-refractivity contribution >= 4 is 6.09 Å². The maximum absolute atomic E-state index is 10.6. The highest BCUT2D eigenvalue weighted by Gasteiger charge is 2.30. The van der Waals surface area contributed by atoms with Crippen molar-refractivity contribution in [2.45, 2.75) is 12.1 Å². The second-order valence-electron chi connectivity index (χ2n) is 2.58. The van der Waals surface area contributed by atoms with Crippen LogP contribution in [0.2, 0.25) is 0 Å². The van der Waals surface area contributed by atoms with Crippen molar-refractivity contribution in [3.63, 3.8) is 0 Å². The summed E-state index contributed by atoms with van der Waals surface area (Å²) in [5, 5.41) is 2.66. The van der Waals surface area contributed by atoms with Gasteiger partial charge in [0.25, 0.3) is 0 Å². The van der Waals surface area contributed by atoms with Crippen molar-refractivity contribution in [1.82, 2.24) is 5.32 Å². The van der Waals surface area contributed by atoms with E-state index in [0.717, 1.165) is 0 Å². The van der Waals surface area contributed by atoms with Crippen LogP contribution in [-0.2, 0) is 9.47 Å². The van der Waals surface area contributed by atoms with Gasteiger partial charge in [0.15, 0.2) is 0 Å². The largest absolute Gasteiger partial charge is 0.447 e. The number of rotatable bonds is 1. The summed E-state index contributed by atoms with van der Waals surface area (Å²) in [7, 11) is 0. The molecule has 2 aliphatic heterocycles. The highest BCUT2D eigenvalue weighted by molar-refractivity contribution is 5.69. The van der Waals surface area contributed by atoms with E-state index < -0.39 is 0 Å². The van der Waals surface area contributed by atoms with Crippen molar-refractivity contribution in [3.05, 3.63) is 12.2 Å². The van der Waals surface area contributed by atoms with Gasteiger partial charge in [-0.25, -0.2) is 4.79 Å². The molecule has 2 rings (SSSR count). The lowest BCUT2D eigenvalue weighted by Crippen LogP contribution is -2.37. The van der Waals surface area contributed by atoms with E-state index in [0.29, 0.717) is 13.2 Å². The first-order chi connectivity index (χ1) is 5.36. The monoisotopic (exact) mass is 155 g/mol. The number of amides is 1. The molecule has 1 saturated heterocycles. The van der Waals surface area contributed by atoms with Crippen LogP contribution in [-0.4, -0.2) is 31.5 Å². The Balaban J connectivity index is 1.95. The van der Waals surface area contributed by atoms with Gasteiger partial charge in [-0.1, -0.05) is 12.2 Å². The van der Waals surface area contributed by atoms with Crippen molar-refractivity contribution in [3.8, 4) is 0 Å². The molecular formula is C7H9NO3. The molecule has 1 fully saturated rings. The van der Waals surface area contributed by atoms with Crippen LogP contribution in [0.1, 0.15) is 0 Å². The number of nitrogens with one attached hydrogen (secondary N) is 1. The minimum Gasteiger partial charge on any atom is -0.447 e. The molecule has 0 spiro atoms.